The summed E-state index contributed by atoms with van der Waals surface area (Å²) in [6.45, 7) is -0.134. The van der Waals surface area contributed by atoms with Crippen LogP contribution in [0.25, 0.3) is 16.9 Å². The van der Waals surface area contributed by atoms with Crippen LogP contribution in [0.4, 0.5) is 0 Å². The number of rotatable bonds is 9. The number of para-hydroxylation sites is 1. The minimum atomic E-state index is -3.33. The zero-order chi connectivity index (χ0) is 22.4. The van der Waals surface area contributed by atoms with Gasteiger partial charge in [0.2, 0.25) is 0 Å². The SMILES string of the molecule is CS(=O)(=O)c1ccc(-c2cc(/C(CCCO[N+](=O)[O-])=N\O)nn2-c2ccccc2)cc1. The lowest BCUT2D eigenvalue weighted by molar-refractivity contribution is -0.757. The molecule has 0 amide bonds. The third-order valence-corrected chi connectivity index (χ3v) is 5.59. The van der Waals surface area contributed by atoms with Crippen LogP contribution in [-0.2, 0) is 14.7 Å². The van der Waals surface area contributed by atoms with Gasteiger partial charge < -0.3 is 10.0 Å². The molecular formula is C20H20N4O6S. The fourth-order valence-electron chi connectivity index (χ4n) is 2.97. The fourth-order valence-corrected chi connectivity index (χ4v) is 3.61. The van der Waals surface area contributed by atoms with Gasteiger partial charge in [0.25, 0.3) is 5.09 Å². The number of oxime groups is 1. The molecule has 1 N–H and O–H groups in total. The van der Waals surface area contributed by atoms with Crippen molar-refractivity contribution in [3.8, 4) is 16.9 Å². The van der Waals surface area contributed by atoms with Crippen LogP contribution in [0.2, 0.25) is 0 Å². The molecule has 3 aromatic rings. The van der Waals surface area contributed by atoms with Crippen LogP contribution in [-0.4, -0.2) is 47.1 Å². The Morgan fingerprint density at radius 1 is 1.19 bits per heavy atom. The van der Waals surface area contributed by atoms with Crippen molar-refractivity contribution in [3.63, 3.8) is 0 Å². The van der Waals surface area contributed by atoms with Crippen molar-refractivity contribution in [2.45, 2.75) is 17.7 Å². The zero-order valence-corrected chi connectivity index (χ0v) is 17.4. The predicted molar refractivity (Wildman–Crippen MR) is 113 cm³/mol. The van der Waals surface area contributed by atoms with Gasteiger partial charge in [-0.15, -0.1) is 10.1 Å². The van der Waals surface area contributed by atoms with Gasteiger partial charge in [0.15, 0.2) is 9.84 Å². The Hall–Kier alpha value is -3.73. The zero-order valence-electron chi connectivity index (χ0n) is 16.6. The maximum atomic E-state index is 11.8. The Morgan fingerprint density at radius 2 is 1.87 bits per heavy atom. The van der Waals surface area contributed by atoms with E-state index in [9.17, 15) is 23.7 Å². The summed E-state index contributed by atoms with van der Waals surface area (Å²) in [6.07, 6.45) is 1.61. The van der Waals surface area contributed by atoms with Gasteiger partial charge in [-0.25, -0.2) is 13.1 Å². The fraction of sp³-hybridized carbons (Fsp3) is 0.200. The Morgan fingerprint density at radius 3 is 2.45 bits per heavy atom. The molecule has 0 radical (unpaired) electrons. The Bertz CT molecular complexity index is 1190. The average molecular weight is 444 g/mol. The number of hydrogen-bond donors (Lipinski definition) is 1. The highest BCUT2D eigenvalue weighted by Crippen LogP contribution is 2.26. The number of nitrogens with zero attached hydrogens (tertiary/aromatic N) is 4. The van der Waals surface area contributed by atoms with Crippen LogP contribution in [0, 0.1) is 10.1 Å². The number of aromatic nitrogens is 2. The van der Waals surface area contributed by atoms with Gasteiger partial charge in [0.05, 0.1) is 22.9 Å². The maximum Gasteiger partial charge on any atom is 0.294 e. The van der Waals surface area contributed by atoms with E-state index in [0.29, 0.717) is 17.0 Å². The van der Waals surface area contributed by atoms with Crippen LogP contribution in [0.15, 0.2) is 70.7 Å². The molecule has 10 nitrogen and oxygen atoms in total. The second-order valence-corrected chi connectivity index (χ2v) is 8.68. The molecule has 0 aliphatic heterocycles. The van der Waals surface area contributed by atoms with Crippen LogP contribution in [0.3, 0.4) is 0 Å². The maximum absolute atomic E-state index is 11.8. The van der Waals surface area contributed by atoms with Gasteiger partial charge in [0, 0.05) is 11.8 Å². The molecule has 11 heteroatoms. The van der Waals surface area contributed by atoms with Gasteiger partial charge in [-0.1, -0.05) is 35.5 Å². The van der Waals surface area contributed by atoms with Crippen LogP contribution in [0.5, 0.6) is 0 Å². The summed E-state index contributed by atoms with van der Waals surface area (Å²) in [5.41, 5.74) is 2.75. The standard InChI is InChI=1S/C20H20N4O6S/c1-31(28,29)17-11-9-15(10-12-17)20-14-19(18(22-25)8-5-13-30-24(26)27)21-23(20)16-6-3-2-4-7-16/h2-4,6-7,9-12,14,25H,5,8,13H2,1H3/b22-18-. The Kier molecular flexibility index (Phi) is 6.65. The van der Waals surface area contributed by atoms with Crippen LogP contribution in [0.1, 0.15) is 18.5 Å². The lowest BCUT2D eigenvalue weighted by Gasteiger charge is -2.08. The lowest BCUT2D eigenvalue weighted by atomic mass is 10.1. The summed E-state index contributed by atoms with van der Waals surface area (Å²) in [6, 6.07) is 17.4. The first-order chi connectivity index (χ1) is 14.8. The van der Waals surface area contributed by atoms with Gasteiger partial charge in [-0.2, -0.15) is 5.10 Å². The molecule has 31 heavy (non-hydrogen) atoms. The van der Waals surface area contributed by atoms with E-state index in [4.69, 9.17) is 0 Å². The number of benzene rings is 2. The highest BCUT2D eigenvalue weighted by atomic mass is 32.2. The second kappa shape index (κ2) is 9.39. The summed E-state index contributed by atoms with van der Waals surface area (Å²) < 4.78 is 25.2. The molecule has 0 aliphatic rings. The minimum absolute atomic E-state index is 0.134. The molecule has 2 aromatic carbocycles. The first-order valence-electron chi connectivity index (χ1n) is 9.24. The molecule has 0 fully saturated rings. The van der Waals surface area contributed by atoms with Gasteiger partial charge in [0.1, 0.15) is 11.4 Å². The first-order valence-corrected chi connectivity index (χ1v) is 11.1. The Labute approximate surface area is 178 Å². The Balaban J connectivity index is 1.98. The summed E-state index contributed by atoms with van der Waals surface area (Å²) in [5.74, 6) is 0. The quantitative estimate of drug-likeness (QED) is 0.176. The highest BCUT2D eigenvalue weighted by Gasteiger charge is 2.17. The highest BCUT2D eigenvalue weighted by molar-refractivity contribution is 7.90. The summed E-state index contributed by atoms with van der Waals surface area (Å²) >= 11 is 0. The van der Waals surface area contributed by atoms with Crippen molar-refractivity contribution in [1.29, 1.82) is 0 Å². The molecule has 0 saturated carbocycles. The first kappa shape index (κ1) is 22.0. The third-order valence-electron chi connectivity index (χ3n) is 4.46. The van der Waals surface area contributed by atoms with E-state index in [-0.39, 0.29) is 30.1 Å². The van der Waals surface area contributed by atoms with Gasteiger partial charge >= 0.3 is 0 Å². The van der Waals surface area contributed by atoms with E-state index in [1.54, 1.807) is 22.9 Å². The van der Waals surface area contributed by atoms with E-state index in [1.165, 1.54) is 12.1 Å². The molecular weight excluding hydrogens is 424 g/mol. The monoisotopic (exact) mass is 444 g/mol. The largest absolute Gasteiger partial charge is 0.411 e. The third kappa shape index (κ3) is 5.45. The van der Waals surface area contributed by atoms with Crippen LogP contribution < -0.4 is 0 Å². The minimum Gasteiger partial charge on any atom is -0.411 e. The van der Waals surface area contributed by atoms with E-state index in [1.807, 2.05) is 30.3 Å². The summed E-state index contributed by atoms with van der Waals surface area (Å²) in [7, 11) is -3.33. The molecule has 0 saturated heterocycles. The van der Waals surface area contributed by atoms with Crippen molar-refractivity contribution in [3.05, 3.63) is 76.5 Å². The van der Waals surface area contributed by atoms with Crippen molar-refractivity contribution in [2.75, 3.05) is 12.9 Å². The number of hydrogen-bond acceptors (Lipinski definition) is 8. The second-order valence-electron chi connectivity index (χ2n) is 6.67. The van der Waals surface area contributed by atoms with Crippen molar-refractivity contribution in [2.24, 2.45) is 5.16 Å². The molecule has 1 aromatic heterocycles. The molecule has 3 rings (SSSR count). The normalized spacial score (nSPS) is 12.0. The topological polar surface area (TPSA) is 137 Å². The van der Waals surface area contributed by atoms with E-state index in [0.717, 1.165) is 11.9 Å². The molecule has 162 valence electrons. The molecule has 0 spiro atoms. The summed E-state index contributed by atoms with van der Waals surface area (Å²) in [5, 5.41) is 26.7. The summed E-state index contributed by atoms with van der Waals surface area (Å²) in [4.78, 5) is 14.8. The average Bonchev–Trinajstić information content (AvgIpc) is 3.19. The van der Waals surface area contributed by atoms with Crippen LogP contribution >= 0.6 is 0 Å². The predicted octanol–water partition coefficient (Wildman–Crippen LogP) is 3.11. The lowest BCUT2D eigenvalue weighted by Crippen LogP contribution is -2.08. The van der Waals surface area contributed by atoms with E-state index >= 15 is 0 Å². The van der Waals surface area contributed by atoms with Crippen molar-refractivity contribution in [1.82, 2.24) is 9.78 Å². The van der Waals surface area contributed by atoms with E-state index < -0.39 is 14.9 Å². The van der Waals surface area contributed by atoms with Crippen molar-refractivity contribution >= 4 is 15.5 Å². The molecule has 0 bridgehead atoms. The molecule has 0 atom stereocenters. The van der Waals surface area contributed by atoms with Gasteiger partial charge in [-0.05, 0) is 43.2 Å². The molecule has 0 aliphatic carbocycles. The number of sulfone groups is 1. The molecule has 0 unspecified atom stereocenters. The van der Waals surface area contributed by atoms with Crippen molar-refractivity contribution < 1.29 is 23.5 Å². The van der Waals surface area contributed by atoms with Gasteiger partial charge in [-0.3, -0.25) is 0 Å². The molecule has 1 heterocycles. The van der Waals surface area contributed by atoms with E-state index in [2.05, 4.69) is 15.1 Å². The smallest absolute Gasteiger partial charge is 0.294 e.